The number of anilines is 1. The van der Waals surface area contributed by atoms with E-state index in [1.807, 2.05) is 51.1 Å². The average Bonchev–Trinajstić information content (AvgIpc) is 2.89. The highest BCUT2D eigenvalue weighted by atomic mass is 35.5. The fourth-order valence-corrected chi connectivity index (χ4v) is 4.50. The van der Waals surface area contributed by atoms with Crippen LogP contribution >= 0.6 is 23.2 Å². The molecule has 5 nitrogen and oxygen atoms in total. The highest BCUT2D eigenvalue weighted by Crippen LogP contribution is 2.42. The normalized spacial score (nSPS) is 18.1. The van der Waals surface area contributed by atoms with Crippen molar-refractivity contribution in [3.8, 4) is 5.75 Å². The minimum Gasteiger partial charge on any atom is -0.426 e. The van der Waals surface area contributed by atoms with Crippen molar-refractivity contribution in [1.82, 2.24) is 0 Å². The predicted molar refractivity (Wildman–Crippen MR) is 138 cm³/mol. The maximum absolute atomic E-state index is 13.8. The molecule has 4 rings (SSSR count). The van der Waals surface area contributed by atoms with Gasteiger partial charge in [0.1, 0.15) is 18.0 Å². The molecular weight excluding hydrogens is 485 g/mol. The van der Waals surface area contributed by atoms with E-state index < -0.39 is 18.2 Å². The Hall–Kier alpha value is -2.86. The SMILES string of the molecule is CC(C)(C)CN1C(=O)[C@H](CC(=O)Oc2ccccc2)O[C@@H](c2ccccc2Cl)c2cc(Cl)ccc21. The molecule has 0 fully saturated rings. The summed E-state index contributed by atoms with van der Waals surface area (Å²) in [5, 5.41) is 1.00. The van der Waals surface area contributed by atoms with Gasteiger partial charge in [-0.05, 0) is 41.8 Å². The van der Waals surface area contributed by atoms with Crippen molar-refractivity contribution in [3.05, 3.63) is 94.0 Å². The Labute approximate surface area is 215 Å². The molecule has 0 unspecified atom stereocenters. The number of carbonyl (C=O) groups excluding carboxylic acids is 2. The summed E-state index contributed by atoms with van der Waals surface area (Å²) in [4.78, 5) is 28.4. The molecule has 1 aliphatic heterocycles. The Kier molecular flexibility index (Phi) is 7.50. The molecule has 0 N–H and O–H groups in total. The van der Waals surface area contributed by atoms with Crippen LogP contribution in [-0.2, 0) is 14.3 Å². The van der Waals surface area contributed by atoms with Crippen LogP contribution in [0.15, 0.2) is 72.8 Å². The Morgan fingerprint density at radius 2 is 1.66 bits per heavy atom. The van der Waals surface area contributed by atoms with Crippen LogP contribution in [0.5, 0.6) is 5.75 Å². The number of fused-ring (bicyclic) bond motifs is 1. The lowest BCUT2D eigenvalue weighted by molar-refractivity contribution is -0.145. The maximum Gasteiger partial charge on any atom is 0.314 e. The van der Waals surface area contributed by atoms with Crippen molar-refractivity contribution in [2.45, 2.75) is 39.4 Å². The number of benzene rings is 3. The molecule has 35 heavy (non-hydrogen) atoms. The standard InChI is InChI=1S/C28H27Cl2NO4/c1-28(2,3)17-31-23-14-13-18(29)15-21(23)26(20-11-7-8-12-22(20)30)35-24(27(31)33)16-25(32)34-19-9-5-4-6-10-19/h4-15,24,26H,16-17H2,1-3H3/t24-,26-/m0/s1. The Morgan fingerprint density at radius 1 is 0.971 bits per heavy atom. The summed E-state index contributed by atoms with van der Waals surface area (Å²) < 4.78 is 11.9. The van der Waals surface area contributed by atoms with Gasteiger partial charge in [0.15, 0.2) is 0 Å². The number of para-hydroxylation sites is 1. The summed E-state index contributed by atoms with van der Waals surface area (Å²) in [7, 11) is 0. The van der Waals surface area contributed by atoms with Crippen LogP contribution in [0, 0.1) is 5.41 Å². The van der Waals surface area contributed by atoms with Crippen LogP contribution in [0.25, 0.3) is 0 Å². The van der Waals surface area contributed by atoms with Gasteiger partial charge in [0.25, 0.3) is 5.91 Å². The topological polar surface area (TPSA) is 55.8 Å². The molecule has 0 aliphatic carbocycles. The van der Waals surface area contributed by atoms with Gasteiger partial charge in [0.2, 0.25) is 0 Å². The highest BCUT2D eigenvalue weighted by molar-refractivity contribution is 6.31. The van der Waals surface area contributed by atoms with Crippen molar-refractivity contribution in [1.29, 1.82) is 0 Å². The molecule has 2 atom stereocenters. The molecule has 7 heteroatoms. The summed E-state index contributed by atoms with van der Waals surface area (Å²) in [6, 6.07) is 21.4. The van der Waals surface area contributed by atoms with E-state index in [1.54, 1.807) is 47.4 Å². The number of esters is 1. The number of carbonyl (C=O) groups is 2. The van der Waals surface area contributed by atoms with Crippen LogP contribution in [0.4, 0.5) is 5.69 Å². The third kappa shape index (κ3) is 6.04. The number of hydrogen-bond donors (Lipinski definition) is 0. The van der Waals surface area contributed by atoms with E-state index in [0.717, 1.165) is 0 Å². The largest absolute Gasteiger partial charge is 0.426 e. The molecule has 0 saturated heterocycles. The summed E-state index contributed by atoms with van der Waals surface area (Å²) in [6.45, 7) is 6.56. The lowest BCUT2D eigenvalue weighted by Crippen LogP contribution is -2.44. The van der Waals surface area contributed by atoms with Crippen molar-refractivity contribution >= 4 is 40.8 Å². The molecule has 0 bridgehead atoms. The second-order valence-corrected chi connectivity index (χ2v) is 10.5. The van der Waals surface area contributed by atoms with Crippen molar-refractivity contribution in [3.63, 3.8) is 0 Å². The maximum atomic E-state index is 13.8. The summed E-state index contributed by atoms with van der Waals surface area (Å²) in [5.74, 6) is -0.474. The van der Waals surface area contributed by atoms with E-state index >= 15 is 0 Å². The lowest BCUT2D eigenvalue weighted by Gasteiger charge is -2.31. The van der Waals surface area contributed by atoms with Gasteiger partial charge < -0.3 is 14.4 Å². The van der Waals surface area contributed by atoms with Gasteiger partial charge in [-0.25, -0.2) is 0 Å². The second kappa shape index (κ2) is 10.4. The first kappa shape index (κ1) is 25.2. The van der Waals surface area contributed by atoms with E-state index in [0.29, 0.717) is 39.2 Å². The Bertz CT molecular complexity index is 1220. The monoisotopic (exact) mass is 511 g/mol. The van der Waals surface area contributed by atoms with Crippen LogP contribution < -0.4 is 9.64 Å². The molecule has 0 spiro atoms. The van der Waals surface area contributed by atoms with E-state index in [2.05, 4.69) is 0 Å². The van der Waals surface area contributed by atoms with Gasteiger partial charge >= 0.3 is 5.97 Å². The number of ether oxygens (including phenoxy) is 2. The molecule has 3 aromatic carbocycles. The minimum absolute atomic E-state index is 0.216. The van der Waals surface area contributed by atoms with E-state index in [9.17, 15) is 9.59 Å². The average molecular weight is 512 g/mol. The predicted octanol–water partition coefficient (Wildman–Crippen LogP) is 6.86. The molecular formula is C28H27Cl2NO4. The van der Waals surface area contributed by atoms with Crippen LogP contribution in [0.3, 0.4) is 0 Å². The first-order chi connectivity index (χ1) is 16.6. The second-order valence-electron chi connectivity index (χ2n) is 9.71. The molecule has 1 amide bonds. The number of amides is 1. The fraction of sp³-hybridized carbons (Fsp3) is 0.286. The molecule has 3 aromatic rings. The van der Waals surface area contributed by atoms with Crippen molar-refractivity contribution < 1.29 is 19.1 Å². The van der Waals surface area contributed by atoms with Crippen molar-refractivity contribution in [2.75, 3.05) is 11.4 Å². The third-order valence-electron chi connectivity index (χ3n) is 5.55. The Balaban J connectivity index is 1.77. The number of nitrogens with zero attached hydrogens (tertiary/aromatic N) is 1. The summed E-state index contributed by atoms with van der Waals surface area (Å²) in [5.41, 5.74) is 1.86. The summed E-state index contributed by atoms with van der Waals surface area (Å²) >= 11 is 12.9. The third-order valence-corrected chi connectivity index (χ3v) is 6.13. The molecule has 1 heterocycles. The molecule has 0 saturated carbocycles. The number of halogens is 2. The van der Waals surface area contributed by atoms with Crippen LogP contribution in [0.2, 0.25) is 10.0 Å². The molecule has 0 aromatic heterocycles. The van der Waals surface area contributed by atoms with Gasteiger partial charge in [0.05, 0.1) is 6.42 Å². The summed E-state index contributed by atoms with van der Waals surface area (Å²) in [6.07, 6.45) is -2.04. The smallest absolute Gasteiger partial charge is 0.314 e. The lowest BCUT2D eigenvalue weighted by atomic mass is 9.94. The van der Waals surface area contributed by atoms with E-state index in [4.69, 9.17) is 32.7 Å². The highest BCUT2D eigenvalue weighted by Gasteiger charge is 2.39. The fourth-order valence-electron chi connectivity index (χ4n) is 4.08. The molecule has 182 valence electrons. The number of rotatable bonds is 5. The zero-order valence-corrected chi connectivity index (χ0v) is 21.3. The molecule has 0 radical (unpaired) electrons. The first-order valence-corrected chi connectivity index (χ1v) is 12.1. The zero-order valence-electron chi connectivity index (χ0n) is 19.8. The van der Waals surface area contributed by atoms with Crippen LogP contribution in [0.1, 0.15) is 44.4 Å². The van der Waals surface area contributed by atoms with Gasteiger partial charge in [-0.3, -0.25) is 9.59 Å². The van der Waals surface area contributed by atoms with Gasteiger partial charge in [-0.15, -0.1) is 0 Å². The van der Waals surface area contributed by atoms with Crippen LogP contribution in [-0.4, -0.2) is 24.5 Å². The Morgan fingerprint density at radius 3 is 2.34 bits per heavy atom. The quantitative estimate of drug-likeness (QED) is 0.277. The number of hydrogen-bond acceptors (Lipinski definition) is 4. The first-order valence-electron chi connectivity index (χ1n) is 11.4. The zero-order chi connectivity index (χ0) is 25.2. The van der Waals surface area contributed by atoms with Gasteiger partial charge in [-0.1, -0.05) is 80.4 Å². The van der Waals surface area contributed by atoms with Gasteiger partial charge in [-0.2, -0.15) is 0 Å². The van der Waals surface area contributed by atoms with E-state index in [1.165, 1.54) is 0 Å². The van der Waals surface area contributed by atoms with Gasteiger partial charge in [0, 0.05) is 33.4 Å². The van der Waals surface area contributed by atoms with E-state index in [-0.39, 0.29) is 17.7 Å². The minimum atomic E-state index is -1.08. The molecule has 1 aliphatic rings. The van der Waals surface area contributed by atoms with Crippen molar-refractivity contribution in [2.24, 2.45) is 5.41 Å².